The van der Waals surface area contributed by atoms with Crippen LogP contribution in [-0.2, 0) is 12.8 Å². The van der Waals surface area contributed by atoms with Gasteiger partial charge in [0.25, 0.3) is 0 Å². The average molecular weight is 293 g/mol. The van der Waals surface area contributed by atoms with E-state index in [1.165, 1.54) is 27.8 Å². The van der Waals surface area contributed by atoms with Gasteiger partial charge in [-0.1, -0.05) is 61.5 Å². The fourth-order valence-electron chi connectivity index (χ4n) is 2.84. The number of nitrogens with one attached hydrogen (secondary N) is 1. The maximum atomic E-state index is 6.06. The maximum Gasteiger partial charge on any atom is 0.183 e. The van der Waals surface area contributed by atoms with Crippen molar-refractivity contribution >= 4 is 11.5 Å². The molecular formula is C19H23N3. The highest BCUT2D eigenvalue weighted by molar-refractivity contribution is 5.83. The number of aryl methyl sites for hydroxylation is 2. The molecule has 22 heavy (non-hydrogen) atoms. The van der Waals surface area contributed by atoms with Crippen molar-refractivity contribution in [1.82, 2.24) is 0 Å². The Balaban J connectivity index is 0.000000396. The van der Waals surface area contributed by atoms with Crippen molar-refractivity contribution in [1.29, 1.82) is 5.41 Å². The Kier molecular flexibility index (Phi) is 5.37. The van der Waals surface area contributed by atoms with Crippen LogP contribution in [0.1, 0.15) is 35.6 Å². The highest BCUT2D eigenvalue weighted by atomic mass is 14.9. The van der Waals surface area contributed by atoms with Crippen LogP contribution < -0.4 is 11.5 Å². The van der Waals surface area contributed by atoms with Gasteiger partial charge in [0.2, 0.25) is 0 Å². The van der Waals surface area contributed by atoms with E-state index < -0.39 is 0 Å². The molecular weight excluding hydrogens is 270 g/mol. The van der Waals surface area contributed by atoms with Crippen molar-refractivity contribution in [2.45, 2.75) is 26.2 Å². The van der Waals surface area contributed by atoms with Crippen LogP contribution in [0, 0.1) is 5.41 Å². The average Bonchev–Trinajstić information content (AvgIpc) is 2.66. The van der Waals surface area contributed by atoms with E-state index in [2.05, 4.69) is 73.0 Å². The summed E-state index contributed by atoms with van der Waals surface area (Å²) in [6.45, 7) is 2.21. The first-order valence-electron chi connectivity index (χ1n) is 7.59. The first-order chi connectivity index (χ1) is 10.6. The lowest BCUT2D eigenvalue weighted by Gasteiger charge is -2.11. The van der Waals surface area contributed by atoms with E-state index in [4.69, 9.17) is 5.41 Å². The van der Waals surface area contributed by atoms with Gasteiger partial charge in [0.1, 0.15) is 0 Å². The van der Waals surface area contributed by atoms with Crippen molar-refractivity contribution in [3.8, 4) is 0 Å². The fourth-order valence-corrected chi connectivity index (χ4v) is 2.84. The van der Waals surface area contributed by atoms with Gasteiger partial charge in [0, 0.05) is 0 Å². The van der Waals surface area contributed by atoms with Crippen LogP contribution in [0.15, 0.2) is 54.6 Å². The Labute approximate surface area is 132 Å². The normalized spacial score (nSPS) is 12.1. The molecule has 0 amide bonds. The Morgan fingerprint density at radius 3 is 1.77 bits per heavy atom. The standard InChI is InChI=1S/C18H18.CH5N3/c1-2-7-18-16-10-5-3-8-14(16)12-13-15-9-4-6-11-17(15)18;2-1(3)4/h3-11H,2,12-13H2,1H3;(H5,2,3,4). The van der Waals surface area contributed by atoms with Gasteiger partial charge in [-0.15, -0.1) is 0 Å². The van der Waals surface area contributed by atoms with Crippen LogP contribution in [0.4, 0.5) is 0 Å². The van der Waals surface area contributed by atoms with Gasteiger partial charge in [0.15, 0.2) is 5.96 Å². The zero-order valence-corrected chi connectivity index (χ0v) is 13.0. The Morgan fingerprint density at radius 1 is 0.955 bits per heavy atom. The zero-order valence-electron chi connectivity index (χ0n) is 13.0. The molecule has 0 fully saturated rings. The first-order valence-corrected chi connectivity index (χ1v) is 7.59. The summed E-state index contributed by atoms with van der Waals surface area (Å²) in [5.74, 6) is -0.333. The molecule has 1 aliphatic rings. The van der Waals surface area contributed by atoms with Crippen molar-refractivity contribution < 1.29 is 0 Å². The largest absolute Gasteiger partial charge is 0.370 e. The van der Waals surface area contributed by atoms with E-state index in [0.29, 0.717) is 0 Å². The van der Waals surface area contributed by atoms with Gasteiger partial charge < -0.3 is 11.5 Å². The summed E-state index contributed by atoms with van der Waals surface area (Å²) in [6, 6.07) is 17.7. The smallest absolute Gasteiger partial charge is 0.183 e. The molecule has 2 aromatic carbocycles. The summed E-state index contributed by atoms with van der Waals surface area (Å²) in [5.41, 5.74) is 16.2. The molecule has 1 aliphatic carbocycles. The lowest BCUT2D eigenvalue weighted by atomic mass is 9.93. The molecule has 0 heterocycles. The molecule has 2 aromatic rings. The van der Waals surface area contributed by atoms with E-state index in [9.17, 15) is 0 Å². The molecule has 0 saturated heterocycles. The summed E-state index contributed by atoms with van der Waals surface area (Å²) >= 11 is 0. The van der Waals surface area contributed by atoms with Crippen molar-refractivity contribution in [2.24, 2.45) is 11.5 Å². The summed E-state index contributed by atoms with van der Waals surface area (Å²) in [4.78, 5) is 0. The number of benzene rings is 2. The molecule has 0 bridgehead atoms. The Bertz CT molecular complexity index is 633. The van der Waals surface area contributed by atoms with Crippen LogP contribution in [0.2, 0.25) is 0 Å². The minimum atomic E-state index is -0.333. The molecule has 0 radical (unpaired) electrons. The van der Waals surface area contributed by atoms with E-state index in [1.54, 1.807) is 0 Å². The predicted molar refractivity (Wildman–Crippen MR) is 93.8 cm³/mol. The predicted octanol–water partition coefficient (Wildman–Crippen LogP) is 3.47. The number of allylic oxidation sites excluding steroid dienone is 1. The number of hydrogen-bond donors (Lipinski definition) is 3. The van der Waals surface area contributed by atoms with Crippen LogP contribution in [0.3, 0.4) is 0 Å². The molecule has 0 aromatic heterocycles. The Morgan fingerprint density at radius 2 is 1.36 bits per heavy atom. The third kappa shape index (κ3) is 3.76. The Hall–Kier alpha value is -2.55. The maximum absolute atomic E-state index is 6.06. The molecule has 0 unspecified atom stereocenters. The van der Waals surface area contributed by atoms with Crippen LogP contribution in [0.5, 0.6) is 0 Å². The second kappa shape index (κ2) is 7.46. The van der Waals surface area contributed by atoms with Gasteiger partial charge in [-0.05, 0) is 47.1 Å². The molecule has 0 aliphatic heterocycles. The van der Waals surface area contributed by atoms with Crippen molar-refractivity contribution in [3.05, 3.63) is 76.9 Å². The summed E-state index contributed by atoms with van der Waals surface area (Å²) in [7, 11) is 0. The topological polar surface area (TPSA) is 75.9 Å². The van der Waals surface area contributed by atoms with Crippen molar-refractivity contribution in [2.75, 3.05) is 0 Å². The summed E-state index contributed by atoms with van der Waals surface area (Å²) in [5, 5.41) is 6.06. The number of hydrogen-bond acceptors (Lipinski definition) is 1. The SMILES string of the molecule is CCC=C1c2ccccc2CCc2ccccc21.N=C(N)N. The lowest BCUT2D eigenvalue weighted by Crippen LogP contribution is -2.20. The van der Waals surface area contributed by atoms with Crippen molar-refractivity contribution in [3.63, 3.8) is 0 Å². The first kappa shape index (κ1) is 15.8. The number of nitrogens with two attached hydrogens (primary N) is 2. The second-order valence-corrected chi connectivity index (χ2v) is 5.30. The van der Waals surface area contributed by atoms with Gasteiger partial charge >= 0.3 is 0 Å². The van der Waals surface area contributed by atoms with Crippen LogP contribution in [0.25, 0.3) is 5.57 Å². The zero-order chi connectivity index (χ0) is 15.9. The van der Waals surface area contributed by atoms with E-state index >= 15 is 0 Å². The molecule has 114 valence electrons. The minimum Gasteiger partial charge on any atom is -0.370 e. The van der Waals surface area contributed by atoms with Gasteiger partial charge in [-0.2, -0.15) is 0 Å². The molecule has 5 N–H and O–H groups in total. The summed E-state index contributed by atoms with van der Waals surface area (Å²) in [6.07, 6.45) is 5.74. The monoisotopic (exact) mass is 293 g/mol. The highest BCUT2D eigenvalue weighted by Crippen LogP contribution is 2.33. The quantitative estimate of drug-likeness (QED) is 0.556. The highest BCUT2D eigenvalue weighted by Gasteiger charge is 2.16. The van der Waals surface area contributed by atoms with E-state index in [1.807, 2.05) is 0 Å². The van der Waals surface area contributed by atoms with E-state index in [-0.39, 0.29) is 5.96 Å². The second-order valence-electron chi connectivity index (χ2n) is 5.30. The number of fused-ring (bicyclic) bond motifs is 2. The molecule has 0 atom stereocenters. The van der Waals surface area contributed by atoms with Gasteiger partial charge in [-0.3, -0.25) is 5.41 Å². The molecule has 3 rings (SSSR count). The lowest BCUT2D eigenvalue weighted by molar-refractivity contribution is 0.965. The van der Waals surface area contributed by atoms with Gasteiger partial charge in [-0.25, -0.2) is 0 Å². The number of guanidine groups is 1. The molecule has 3 nitrogen and oxygen atoms in total. The van der Waals surface area contributed by atoms with Gasteiger partial charge in [0.05, 0.1) is 0 Å². The van der Waals surface area contributed by atoms with Crippen LogP contribution >= 0.6 is 0 Å². The molecule has 3 heteroatoms. The minimum absolute atomic E-state index is 0.333. The van der Waals surface area contributed by atoms with E-state index in [0.717, 1.165) is 19.3 Å². The number of rotatable bonds is 1. The van der Waals surface area contributed by atoms with Crippen LogP contribution in [-0.4, -0.2) is 5.96 Å². The summed E-state index contributed by atoms with van der Waals surface area (Å²) < 4.78 is 0. The third-order valence-corrected chi connectivity index (χ3v) is 3.69. The molecule has 0 saturated carbocycles. The fraction of sp³-hybridized carbons (Fsp3) is 0.211. The molecule has 0 spiro atoms. The third-order valence-electron chi connectivity index (χ3n) is 3.69.